The maximum absolute atomic E-state index is 12.7. The van der Waals surface area contributed by atoms with Gasteiger partial charge in [-0.3, -0.25) is 0 Å². The van der Waals surface area contributed by atoms with Crippen molar-refractivity contribution in [2.45, 2.75) is 43.4 Å². The van der Waals surface area contributed by atoms with Crippen molar-refractivity contribution in [1.29, 1.82) is 0 Å². The van der Waals surface area contributed by atoms with Crippen LogP contribution in [-0.2, 0) is 16.6 Å². The van der Waals surface area contributed by atoms with Crippen LogP contribution in [-0.4, -0.2) is 31.5 Å². The molecule has 2 rings (SSSR count). The van der Waals surface area contributed by atoms with Gasteiger partial charge >= 0.3 is 6.18 Å². The van der Waals surface area contributed by atoms with Crippen LogP contribution in [0.5, 0.6) is 0 Å². The quantitative estimate of drug-likeness (QED) is 0.903. The van der Waals surface area contributed by atoms with E-state index in [-0.39, 0.29) is 11.4 Å². The highest BCUT2D eigenvalue weighted by Crippen LogP contribution is 2.35. The van der Waals surface area contributed by atoms with E-state index in [1.54, 1.807) is 13.0 Å². The molecule has 1 aliphatic carbocycles. The molecule has 2 N–H and O–H groups in total. The summed E-state index contributed by atoms with van der Waals surface area (Å²) in [7, 11) is -4.18. The molecule has 118 valence electrons. The topological polar surface area (TPSA) is 63.4 Å². The first-order valence-electron chi connectivity index (χ1n) is 6.54. The molecule has 0 bridgehead atoms. The lowest BCUT2D eigenvalue weighted by Crippen LogP contribution is -2.40. The van der Waals surface area contributed by atoms with Crippen LogP contribution in [0.25, 0.3) is 0 Å². The Morgan fingerprint density at radius 2 is 1.95 bits per heavy atom. The monoisotopic (exact) mass is 322 g/mol. The van der Waals surface area contributed by atoms with Crippen molar-refractivity contribution < 1.29 is 21.6 Å². The molecule has 0 spiro atoms. The highest BCUT2D eigenvalue weighted by atomic mass is 32.2. The first-order chi connectivity index (χ1) is 9.66. The van der Waals surface area contributed by atoms with Crippen molar-refractivity contribution in [3.05, 3.63) is 29.3 Å². The molecule has 0 aliphatic heterocycles. The fourth-order valence-corrected chi connectivity index (χ4v) is 4.18. The van der Waals surface area contributed by atoms with Crippen molar-refractivity contribution >= 4 is 10.0 Å². The van der Waals surface area contributed by atoms with Gasteiger partial charge in [0, 0.05) is 12.6 Å². The van der Waals surface area contributed by atoms with E-state index in [1.807, 2.05) is 0 Å². The number of halogens is 3. The lowest BCUT2D eigenvalue weighted by atomic mass is 10.1. The van der Waals surface area contributed by atoms with E-state index in [0.717, 1.165) is 0 Å². The Morgan fingerprint density at radius 3 is 2.43 bits per heavy atom. The molecular weight excluding hydrogens is 305 g/mol. The second-order valence-electron chi connectivity index (χ2n) is 5.14. The van der Waals surface area contributed by atoms with Gasteiger partial charge in [-0.05, 0) is 37.0 Å². The summed E-state index contributed by atoms with van der Waals surface area (Å²) >= 11 is 0. The molecule has 21 heavy (non-hydrogen) atoms. The fourth-order valence-electron chi connectivity index (χ4n) is 2.24. The third-order valence-corrected chi connectivity index (χ3v) is 5.53. The molecular formula is C13H17F3N2O2S. The summed E-state index contributed by atoms with van der Waals surface area (Å²) in [6, 6.07) is 3.94. The first kappa shape index (κ1) is 16.3. The molecule has 1 fully saturated rings. The van der Waals surface area contributed by atoms with E-state index in [0.29, 0.717) is 28.3 Å². The van der Waals surface area contributed by atoms with Crippen molar-refractivity contribution in [2.24, 2.45) is 5.73 Å². The molecule has 0 unspecified atom stereocenters. The van der Waals surface area contributed by atoms with Crippen molar-refractivity contribution in [2.75, 3.05) is 6.54 Å². The molecule has 1 aromatic carbocycles. The average molecular weight is 322 g/mol. The maximum atomic E-state index is 12.7. The van der Waals surface area contributed by atoms with Gasteiger partial charge in [-0.25, -0.2) is 8.42 Å². The molecule has 1 saturated carbocycles. The third-order valence-electron chi connectivity index (χ3n) is 3.49. The Morgan fingerprint density at radius 1 is 1.33 bits per heavy atom. The van der Waals surface area contributed by atoms with Crippen LogP contribution in [0.3, 0.4) is 0 Å². The number of hydrogen-bond acceptors (Lipinski definition) is 3. The highest BCUT2D eigenvalue weighted by molar-refractivity contribution is 7.89. The lowest BCUT2D eigenvalue weighted by Gasteiger charge is -2.24. The van der Waals surface area contributed by atoms with Crippen molar-refractivity contribution in [3.8, 4) is 0 Å². The molecule has 0 atom stereocenters. The molecule has 0 aromatic heterocycles. The summed E-state index contributed by atoms with van der Waals surface area (Å²) in [6.45, 7) is 0.248. The number of sulfonamides is 1. The number of nitrogens with two attached hydrogens (primary N) is 1. The zero-order valence-corrected chi connectivity index (χ0v) is 12.3. The summed E-state index contributed by atoms with van der Waals surface area (Å²) in [5, 5.41) is 0. The number of alkyl halides is 3. The first-order valence-corrected chi connectivity index (χ1v) is 7.98. The highest BCUT2D eigenvalue weighted by Gasteiger charge is 2.45. The minimum atomic E-state index is -4.56. The van der Waals surface area contributed by atoms with E-state index in [2.05, 4.69) is 0 Å². The van der Waals surface area contributed by atoms with Crippen LogP contribution >= 0.6 is 0 Å². The van der Waals surface area contributed by atoms with E-state index in [4.69, 9.17) is 5.73 Å². The van der Waals surface area contributed by atoms with Crippen molar-refractivity contribution in [1.82, 2.24) is 4.31 Å². The van der Waals surface area contributed by atoms with Gasteiger partial charge < -0.3 is 5.73 Å². The van der Waals surface area contributed by atoms with Gasteiger partial charge in [-0.15, -0.1) is 0 Å². The van der Waals surface area contributed by atoms with Gasteiger partial charge in [-0.1, -0.05) is 12.1 Å². The summed E-state index contributed by atoms with van der Waals surface area (Å²) in [5.74, 6) is 0. The Kier molecular flexibility index (Phi) is 4.32. The SMILES string of the molecule is Cc1c(CN)cccc1S(=O)(=O)N(CC(F)(F)F)C1CC1. The van der Waals surface area contributed by atoms with Crippen LogP contribution < -0.4 is 5.73 Å². The van der Waals surface area contributed by atoms with Gasteiger partial charge in [-0.2, -0.15) is 17.5 Å². The van der Waals surface area contributed by atoms with Crippen LogP contribution in [0.1, 0.15) is 24.0 Å². The van der Waals surface area contributed by atoms with Crippen LogP contribution in [0.4, 0.5) is 13.2 Å². The summed E-state index contributed by atoms with van der Waals surface area (Å²) in [5.41, 5.74) is 6.54. The lowest BCUT2D eigenvalue weighted by molar-refractivity contribution is -0.137. The Bertz CT molecular complexity index is 625. The molecule has 8 heteroatoms. The molecule has 1 aliphatic rings. The molecule has 0 amide bonds. The van der Waals surface area contributed by atoms with Gasteiger partial charge in [0.25, 0.3) is 0 Å². The minimum absolute atomic E-state index is 0.0957. The van der Waals surface area contributed by atoms with Crippen molar-refractivity contribution in [3.63, 3.8) is 0 Å². The van der Waals surface area contributed by atoms with E-state index in [1.165, 1.54) is 12.1 Å². The summed E-state index contributed by atoms with van der Waals surface area (Å²) in [4.78, 5) is -0.0957. The van der Waals surface area contributed by atoms with E-state index in [9.17, 15) is 21.6 Å². The second kappa shape index (κ2) is 5.58. The average Bonchev–Trinajstić information content (AvgIpc) is 3.19. The standard InChI is InChI=1S/C13H17F3N2O2S/c1-9-10(7-17)3-2-4-12(9)21(19,20)18(11-5-6-11)8-13(14,15)16/h2-4,11H,5-8,17H2,1H3. The van der Waals surface area contributed by atoms with Gasteiger partial charge in [0.05, 0.1) is 4.90 Å². The normalized spacial score (nSPS) is 16.5. The fraction of sp³-hybridized carbons (Fsp3) is 0.538. The minimum Gasteiger partial charge on any atom is -0.326 e. The van der Waals surface area contributed by atoms with Crippen LogP contribution in [0.15, 0.2) is 23.1 Å². The predicted molar refractivity (Wildman–Crippen MR) is 72.0 cm³/mol. The zero-order valence-electron chi connectivity index (χ0n) is 11.5. The van der Waals surface area contributed by atoms with Crippen LogP contribution in [0.2, 0.25) is 0 Å². The number of hydrogen-bond donors (Lipinski definition) is 1. The molecule has 0 radical (unpaired) electrons. The largest absolute Gasteiger partial charge is 0.402 e. The zero-order chi connectivity index (χ0) is 15.8. The predicted octanol–water partition coefficient (Wildman–Crippen LogP) is 2.17. The van der Waals surface area contributed by atoms with Gasteiger partial charge in [0.1, 0.15) is 6.54 Å². The van der Waals surface area contributed by atoms with Gasteiger partial charge in [0.2, 0.25) is 10.0 Å². The number of rotatable bonds is 5. The smallest absolute Gasteiger partial charge is 0.326 e. The molecule has 4 nitrogen and oxygen atoms in total. The van der Waals surface area contributed by atoms with E-state index >= 15 is 0 Å². The summed E-state index contributed by atoms with van der Waals surface area (Å²) < 4.78 is 63.7. The molecule has 0 heterocycles. The summed E-state index contributed by atoms with van der Waals surface area (Å²) in [6.07, 6.45) is -3.63. The molecule has 1 aromatic rings. The maximum Gasteiger partial charge on any atom is 0.402 e. The van der Waals surface area contributed by atoms with E-state index < -0.39 is 28.8 Å². The Balaban J connectivity index is 2.44. The Hall–Kier alpha value is -1.12. The van der Waals surface area contributed by atoms with Crippen LogP contribution in [0, 0.1) is 6.92 Å². The van der Waals surface area contributed by atoms with Gasteiger partial charge in [0.15, 0.2) is 0 Å². The Labute approximate surface area is 121 Å². The third kappa shape index (κ3) is 3.56. The number of benzene rings is 1. The second-order valence-corrected chi connectivity index (χ2v) is 7.00. The number of nitrogens with zero attached hydrogens (tertiary/aromatic N) is 1. The molecule has 0 saturated heterocycles.